The minimum atomic E-state index is 0.502. The molecule has 0 bridgehead atoms. The second-order valence-corrected chi connectivity index (χ2v) is 7.51. The van der Waals surface area contributed by atoms with Gasteiger partial charge in [-0.15, -0.1) is 0 Å². The Morgan fingerprint density at radius 3 is 2.45 bits per heavy atom. The lowest BCUT2D eigenvalue weighted by Crippen LogP contribution is -2.29. The van der Waals surface area contributed by atoms with Gasteiger partial charge in [0.2, 0.25) is 0 Å². The number of rotatable bonds is 5. The fourth-order valence-electron chi connectivity index (χ4n) is 3.97. The number of likely N-dealkylation sites (N-methyl/N-ethyl adjacent to an activating group) is 1. The summed E-state index contributed by atoms with van der Waals surface area (Å²) in [5, 5.41) is 5.89. The summed E-state index contributed by atoms with van der Waals surface area (Å²) in [6, 6.07) is 18.3. The van der Waals surface area contributed by atoms with Crippen LogP contribution in [0.1, 0.15) is 26.7 Å². The number of aromatic nitrogens is 4. The predicted molar refractivity (Wildman–Crippen MR) is 124 cm³/mol. The molecule has 3 heterocycles. The fraction of sp³-hybridized carbons (Fsp3) is 0.320. The maximum atomic E-state index is 5.91. The van der Waals surface area contributed by atoms with Crippen LogP contribution in [0, 0.1) is 0 Å². The van der Waals surface area contributed by atoms with Crippen LogP contribution in [0.5, 0.6) is 11.5 Å². The van der Waals surface area contributed by atoms with Crippen LogP contribution in [0.4, 0.5) is 0 Å². The molecular formula is C25H29N5O. The second kappa shape index (κ2) is 9.71. The Kier molecular flexibility index (Phi) is 6.57. The highest BCUT2D eigenvalue weighted by Gasteiger charge is 2.23. The van der Waals surface area contributed by atoms with Crippen LogP contribution in [-0.2, 0) is 6.54 Å². The van der Waals surface area contributed by atoms with Crippen molar-refractivity contribution in [2.24, 2.45) is 0 Å². The largest absolute Gasteiger partial charge is 0.457 e. The van der Waals surface area contributed by atoms with Crippen LogP contribution in [0.2, 0.25) is 0 Å². The molecule has 1 aliphatic rings. The van der Waals surface area contributed by atoms with Crippen molar-refractivity contribution in [3.63, 3.8) is 0 Å². The lowest BCUT2D eigenvalue weighted by molar-refractivity contribution is 0.277. The van der Waals surface area contributed by atoms with E-state index in [-0.39, 0.29) is 0 Å². The standard InChI is InChI=1S/C23H23N5O.C2H6/c1-27-13-5-6-18(27)15-28-23-21(14-24-16-25-23)22(26-28)17-9-11-20(12-10-17)29-19-7-3-2-4-8-19;1-2/h2-4,7-12,14,16,18H,5-6,13,15H2,1H3;1-2H3/t18-;/m0./s1. The van der Waals surface area contributed by atoms with E-state index in [1.165, 1.54) is 12.8 Å². The van der Waals surface area contributed by atoms with Crippen molar-refractivity contribution in [3.8, 4) is 22.8 Å². The van der Waals surface area contributed by atoms with Gasteiger partial charge in [0.1, 0.15) is 23.5 Å². The van der Waals surface area contributed by atoms with Gasteiger partial charge in [-0.25, -0.2) is 14.6 Å². The molecule has 1 saturated heterocycles. The molecule has 31 heavy (non-hydrogen) atoms. The van der Waals surface area contributed by atoms with E-state index in [2.05, 4.69) is 21.9 Å². The first-order valence-corrected chi connectivity index (χ1v) is 11.0. The molecule has 0 aliphatic carbocycles. The molecule has 0 N–H and O–H groups in total. The van der Waals surface area contributed by atoms with Crippen molar-refractivity contribution in [3.05, 3.63) is 67.1 Å². The van der Waals surface area contributed by atoms with Crippen molar-refractivity contribution in [2.45, 2.75) is 39.3 Å². The van der Waals surface area contributed by atoms with E-state index in [0.717, 1.165) is 46.9 Å². The van der Waals surface area contributed by atoms with Gasteiger partial charge in [-0.05, 0) is 62.8 Å². The summed E-state index contributed by atoms with van der Waals surface area (Å²) in [6.45, 7) is 5.99. The van der Waals surface area contributed by atoms with Gasteiger partial charge in [0.05, 0.1) is 11.9 Å². The monoisotopic (exact) mass is 415 g/mol. The average Bonchev–Trinajstić information content (AvgIpc) is 3.40. The normalized spacial score (nSPS) is 16.2. The lowest BCUT2D eigenvalue weighted by Gasteiger charge is -2.19. The van der Waals surface area contributed by atoms with E-state index in [1.807, 2.05) is 79.3 Å². The molecule has 4 aromatic rings. The molecule has 0 spiro atoms. The second-order valence-electron chi connectivity index (χ2n) is 7.51. The first-order chi connectivity index (χ1) is 15.3. The zero-order valence-corrected chi connectivity index (χ0v) is 18.4. The molecule has 1 aliphatic heterocycles. The van der Waals surface area contributed by atoms with Gasteiger partial charge in [0, 0.05) is 17.8 Å². The summed E-state index contributed by atoms with van der Waals surface area (Å²) >= 11 is 0. The van der Waals surface area contributed by atoms with Crippen molar-refractivity contribution >= 4 is 11.0 Å². The third kappa shape index (κ3) is 4.59. The molecule has 6 heteroatoms. The quantitative estimate of drug-likeness (QED) is 0.436. The lowest BCUT2D eigenvalue weighted by atomic mass is 10.1. The van der Waals surface area contributed by atoms with Crippen molar-refractivity contribution < 1.29 is 4.74 Å². The zero-order valence-electron chi connectivity index (χ0n) is 18.4. The van der Waals surface area contributed by atoms with E-state index < -0.39 is 0 Å². The summed E-state index contributed by atoms with van der Waals surface area (Å²) in [7, 11) is 2.19. The first-order valence-electron chi connectivity index (χ1n) is 11.0. The van der Waals surface area contributed by atoms with Gasteiger partial charge in [0.25, 0.3) is 0 Å². The van der Waals surface area contributed by atoms with Gasteiger partial charge in [-0.3, -0.25) is 0 Å². The Labute approximate surface area is 183 Å². The van der Waals surface area contributed by atoms with Crippen LogP contribution in [0.15, 0.2) is 67.1 Å². The fourth-order valence-corrected chi connectivity index (χ4v) is 3.97. The Balaban J connectivity index is 0.00000112. The Morgan fingerprint density at radius 2 is 1.74 bits per heavy atom. The van der Waals surface area contributed by atoms with Crippen LogP contribution >= 0.6 is 0 Å². The minimum absolute atomic E-state index is 0.502. The molecule has 1 fully saturated rings. The van der Waals surface area contributed by atoms with Crippen molar-refractivity contribution in [2.75, 3.05) is 13.6 Å². The Hall–Kier alpha value is -3.25. The summed E-state index contributed by atoms with van der Waals surface area (Å²) in [6.07, 6.45) is 5.89. The van der Waals surface area contributed by atoms with Crippen LogP contribution in [0.25, 0.3) is 22.3 Å². The van der Waals surface area contributed by atoms with E-state index in [9.17, 15) is 0 Å². The third-order valence-corrected chi connectivity index (χ3v) is 5.57. The van der Waals surface area contributed by atoms with E-state index in [4.69, 9.17) is 9.84 Å². The smallest absolute Gasteiger partial charge is 0.161 e. The molecule has 2 aromatic carbocycles. The maximum Gasteiger partial charge on any atom is 0.161 e. The van der Waals surface area contributed by atoms with Crippen LogP contribution < -0.4 is 4.74 Å². The van der Waals surface area contributed by atoms with E-state index in [0.29, 0.717) is 6.04 Å². The number of hydrogen-bond acceptors (Lipinski definition) is 5. The predicted octanol–water partition coefficient (Wildman–Crippen LogP) is 5.41. The molecular weight excluding hydrogens is 386 g/mol. The highest BCUT2D eigenvalue weighted by molar-refractivity contribution is 5.90. The number of ether oxygens (including phenoxy) is 1. The average molecular weight is 416 g/mol. The topological polar surface area (TPSA) is 56.1 Å². The third-order valence-electron chi connectivity index (χ3n) is 5.57. The first kappa shape index (κ1) is 21.0. The van der Waals surface area contributed by atoms with E-state index >= 15 is 0 Å². The number of fused-ring (bicyclic) bond motifs is 1. The Bertz CT molecular complexity index is 1110. The molecule has 2 aromatic heterocycles. The SMILES string of the molecule is CC.CN1CCC[C@H]1Cn1nc(-c2ccc(Oc3ccccc3)cc2)c2cncnc21. The van der Waals surface area contributed by atoms with Gasteiger partial charge in [-0.2, -0.15) is 5.10 Å². The van der Waals surface area contributed by atoms with Crippen LogP contribution in [0.3, 0.4) is 0 Å². The highest BCUT2D eigenvalue weighted by atomic mass is 16.5. The molecule has 1 atom stereocenters. The summed E-state index contributed by atoms with van der Waals surface area (Å²) in [4.78, 5) is 11.2. The number of likely N-dealkylation sites (tertiary alicyclic amines) is 1. The summed E-state index contributed by atoms with van der Waals surface area (Å²) in [5.41, 5.74) is 2.83. The number of para-hydroxylation sites is 1. The number of benzene rings is 2. The Morgan fingerprint density at radius 1 is 1.00 bits per heavy atom. The molecule has 0 radical (unpaired) electrons. The van der Waals surface area contributed by atoms with E-state index in [1.54, 1.807) is 6.33 Å². The highest BCUT2D eigenvalue weighted by Crippen LogP contribution is 2.30. The van der Waals surface area contributed by atoms with Gasteiger partial charge in [-0.1, -0.05) is 32.0 Å². The molecule has 0 saturated carbocycles. The number of hydrogen-bond donors (Lipinski definition) is 0. The minimum Gasteiger partial charge on any atom is -0.457 e. The van der Waals surface area contributed by atoms with Gasteiger partial charge in [0.15, 0.2) is 5.65 Å². The van der Waals surface area contributed by atoms with Gasteiger partial charge < -0.3 is 9.64 Å². The zero-order chi connectivity index (χ0) is 21.6. The molecule has 6 nitrogen and oxygen atoms in total. The van der Waals surface area contributed by atoms with Gasteiger partial charge >= 0.3 is 0 Å². The molecule has 5 rings (SSSR count). The van der Waals surface area contributed by atoms with Crippen molar-refractivity contribution in [1.82, 2.24) is 24.6 Å². The van der Waals surface area contributed by atoms with Crippen LogP contribution in [-0.4, -0.2) is 44.3 Å². The summed E-state index contributed by atoms with van der Waals surface area (Å²) < 4.78 is 7.94. The number of nitrogens with zero attached hydrogens (tertiary/aromatic N) is 5. The molecule has 0 amide bonds. The van der Waals surface area contributed by atoms with Crippen molar-refractivity contribution in [1.29, 1.82) is 0 Å². The maximum absolute atomic E-state index is 5.91. The molecule has 160 valence electrons. The summed E-state index contributed by atoms with van der Waals surface area (Å²) in [5.74, 6) is 1.62. The molecule has 0 unspecified atom stereocenters.